The molecule has 8 rings (SSSR count). The van der Waals surface area contributed by atoms with Crippen molar-refractivity contribution in [2.75, 3.05) is 20.7 Å². The molecule has 0 spiro atoms. The van der Waals surface area contributed by atoms with Crippen LogP contribution >= 0.6 is 0 Å². The molecule has 0 heterocycles. The number of aryl methyl sites for hydroxylation is 3. The fourth-order valence-corrected chi connectivity index (χ4v) is 11.2. The normalized spacial score (nSPS) is 11.7. The summed E-state index contributed by atoms with van der Waals surface area (Å²) in [6.45, 7) is 5.45. The van der Waals surface area contributed by atoms with Crippen LogP contribution in [-0.2, 0) is 52.0 Å². The van der Waals surface area contributed by atoms with Gasteiger partial charge < -0.3 is 27.4 Å². The van der Waals surface area contributed by atoms with Gasteiger partial charge in [0.25, 0.3) is 0 Å². The molecular formula is C55H48N4O14S4. The first kappa shape index (κ1) is 54.6. The first-order valence-corrected chi connectivity index (χ1v) is 29.1. The van der Waals surface area contributed by atoms with E-state index in [1.165, 1.54) is 121 Å². The maximum absolute atomic E-state index is 14.9. The number of amides is 4. The van der Waals surface area contributed by atoms with Crippen LogP contribution in [0.25, 0.3) is 0 Å². The van der Waals surface area contributed by atoms with Gasteiger partial charge in [0.05, 0.1) is 11.4 Å². The molecule has 0 atom stereocenters. The van der Waals surface area contributed by atoms with Crippen LogP contribution in [0.5, 0.6) is 23.0 Å². The van der Waals surface area contributed by atoms with Crippen molar-refractivity contribution in [2.24, 2.45) is 0 Å². The van der Waals surface area contributed by atoms with E-state index in [1.54, 1.807) is 92.7 Å². The van der Waals surface area contributed by atoms with Crippen molar-refractivity contribution >= 4 is 75.3 Å². The molecule has 77 heavy (non-hydrogen) atoms. The largest absolute Gasteiger partial charge is 0.382 e. The molecule has 0 aliphatic rings. The number of benzene rings is 8. The molecule has 0 unspecified atom stereocenters. The Kier molecular flexibility index (Phi) is 16.3. The Balaban J connectivity index is 1.13. The first-order chi connectivity index (χ1) is 36.6. The van der Waals surface area contributed by atoms with E-state index in [-0.39, 0.29) is 55.5 Å². The third-order valence-electron chi connectivity index (χ3n) is 11.1. The summed E-state index contributed by atoms with van der Waals surface area (Å²) in [4.78, 5) is 29.5. The lowest BCUT2D eigenvalue weighted by Crippen LogP contribution is -2.53. The van der Waals surface area contributed by atoms with Gasteiger partial charge in [-0.3, -0.25) is 0 Å². The molecule has 0 bridgehead atoms. The van der Waals surface area contributed by atoms with E-state index in [0.717, 1.165) is 26.7 Å². The average Bonchev–Trinajstić information content (AvgIpc) is 3.40. The van der Waals surface area contributed by atoms with Crippen molar-refractivity contribution in [3.8, 4) is 23.0 Å². The summed E-state index contributed by atoms with van der Waals surface area (Å²) in [5.41, 5.74) is 3.65. The lowest BCUT2D eigenvalue weighted by atomic mass is 10.2. The van der Waals surface area contributed by atoms with Crippen LogP contribution in [0.3, 0.4) is 0 Å². The van der Waals surface area contributed by atoms with Gasteiger partial charge in [0.2, 0.25) is 0 Å². The van der Waals surface area contributed by atoms with Crippen molar-refractivity contribution in [2.45, 2.75) is 42.1 Å². The fourth-order valence-electron chi connectivity index (χ4n) is 7.25. The van der Waals surface area contributed by atoms with Crippen molar-refractivity contribution < 1.29 is 60.0 Å². The maximum Gasteiger partial charge on any atom is 0.345 e. The molecule has 0 saturated carbocycles. The van der Waals surface area contributed by atoms with Crippen LogP contribution in [0, 0.1) is 20.8 Å². The summed E-state index contributed by atoms with van der Waals surface area (Å²) in [5.74, 6) is -1.29. The zero-order valence-electron chi connectivity index (χ0n) is 41.2. The minimum absolute atomic E-state index is 0.0606. The highest BCUT2D eigenvalue weighted by molar-refractivity contribution is 7.87. The summed E-state index contributed by atoms with van der Waals surface area (Å²) in [6, 6.07) is 46.0. The molecular weight excluding hydrogens is 1070 g/mol. The number of nitrogens with one attached hydrogen (secondary N) is 2. The number of carbonyl (C=O) groups excluding carboxylic acids is 2. The predicted octanol–water partition coefficient (Wildman–Crippen LogP) is 10.7. The molecule has 0 aliphatic carbocycles. The van der Waals surface area contributed by atoms with Gasteiger partial charge in [-0.05, 0) is 153 Å². The Morgan fingerprint density at radius 1 is 0.364 bits per heavy atom. The molecule has 0 saturated heterocycles. The van der Waals surface area contributed by atoms with Crippen molar-refractivity contribution in [3.63, 3.8) is 0 Å². The van der Waals surface area contributed by atoms with Gasteiger partial charge in [-0.2, -0.15) is 43.7 Å². The summed E-state index contributed by atoms with van der Waals surface area (Å²) in [5, 5.41) is 7.12. The third-order valence-corrected chi connectivity index (χ3v) is 15.9. The Labute approximate surface area is 446 Å². The van der Waals surface area contributed by atoms with E-state index in [4.69, 9.17) is 16.7 Å². The third kappa shape index (κ3) is 14.8. The second-order valence-electron chi connectivity index (χ2n) is 17.3. The van der Waals surface area contributed by atoms with E-state index < -0.39 is 64.0 Å². The summed E-state index contributed by atoms with van der Waals surface area (Å²) in [6.07, 6.45) is 0. The van der Waals surface area contributed by atoms with Gasteiger partial charge in [0.15, 0.2) is 0 Å². The van der Waals surface area contributed by atoms with E-state index >= 15 is 0 Å². The number of hydrogen-bond acceptors (Lipinski definition) is 14. The number of nitrogens with zero attached hydrogens (tertiary/aromatic N) is 2. The Morgan fingerprint density at radius 3 is 1.01 bits per heavy atom. The number of hydrogen-bond donors (Lipinski definition) is 2. The van der Waals surface area contributed by atoms with E-state index in [0.29, 0.717) is 11.1 Å². The quantitative estimate of drug-likeness (QED) is 0.0600. The van der Waals surface area contributed by atoms with Crippen LogP contribution in [0.15, 0.2) is 210 Å². The topological polar surface area (TPSA) is 238 Å². The van der Waals surface area contributed by atoms with E-state index in [9.17, 15) is 43.3 Å². The van der Waals surface area contributed by atoms with Crippen molar-refractivity contribution in [1.29, 1.82) is 0 Å². The molecule has 18 nitrogen and oxygen atoms in total. The number of anilines is 4. The van der Waals surface area contributed by atoms with Crippen LogP contribution in [0.1, 0.15) is 27.8 Å². The molecule has 8 aromatic carbocycles. The first-order valence-electron chi connectivity index (χ1n) is 23.2. The highest BCUT2D eigenvalue weighted by Crippen LogP contribution is 2.32. The number of hydrazine groups is 1. The number of carbonyl (C=O) groups is 2. The summed E-state index contributed by atoms with van der Waals surface area (Å²) < 4.78 is 126. The monoisotopic (exact) mass is 1120 g/mol. The minimum Gasteiger partial charge on any atom is -0.382 e. The van der Waals surface area contributed by atoms with Crippen molar-refractivity contribution in [1.82, 2.24) is 0 Å². The molecule has 0 radical (unpaired) electrons. The molecule has 22 heteroatoms. The van der Waals surface area contributed by atoms with Crippen LogP contribution in [0.4, 0.5) is 32.3 Å². The molecule has 0 fully saturated rings. The van der Waals surface area contributed by atoms with Crippen LogP contribution in [0.2, 0.25) is 0 Å². The van der Waals surface area contributed by atoms with Gasteiger partial charge in [0.1, 0.15) is 44.3 Å². The lowest BCUT2D eigenvalue weighted by Gasteiger charge is -2.34. The minimum atomic E-state index is -4.34. The highest BCUT2D eigenvalue weighted by Gasteiger charge is 2.31. The summed E-state index contributed by atoms with van der Waals surface area (Å²) in [7, 11) is -16.9. The SMILES string of the molecule is Cc1ccc(CS(=O)(=O)Oc2ccc(NC(=O)N(c3ccc(OS(=O)(=O)c4ccc(C)cc4)cc3)N(C(=O)Nc3ccc(OS(=O)(=O)Cc4ccccc4)cc3)c3ccc(OS(=O)(=O)c4ccc(C)cc4)cc3)cc2)cc1. The molecule has 396 valence electrons. The Hall–Kier alpha value is -8.70. The van der Waals surface area contributed by atoms with E-state index in [1.807, 2.05) is 6.92 Å². The highest BCUT2D eigenvalue weighted by atomic mass is 32.2. The molecule has 0 aliphatic heterocycles. The van der Waals surface area contributed by atoms with E-state index in [2.05, 4.69) is 10.6 Å². The maximum atomic E-state index is 14.9. The second kappa shape index (κ2) is 23.0. The van der Waals surface area contributed by atoms with Gasteiger partial charge in [-0.25, -0.2) is 9.59 Å². The molecule has 4 amide bonds. The number of urea groups is 2. The van der Waals surface area contributed by atoms with Gasteiger partial charge in [0, 0.05) is 11.4 Å². The van der Waals surface area contributed by atoms with Crippen LogP contribution in [-0.4, -0.2) is 45.7 Å². The summed E-state index contributed by atoms with van der Waals surface area (Å²) >= 11 is 0. The Bertz CT molecular complexity index is 3840. The van der Waals surface area contributed by atoms with Gasteiger partial charge >= 0.3 is 52.5 Å². The fraction of sp³-hybridized carbons (Fsp3) is 0.0909. The standard InChI is InChI=1S/C55H48N4O14S4/c1-39-9-15-43(16-10-39)38-75(64,65)71-49-27-19-45(20-28-49)57-55(61)59(47-23-31-51(32-24-47)73-77(68,69)53-35-13-41(3)14-36-53)58(46-21-29-50(30-22-46)72-76(66,67)52-33-11-40(2)12-34-52)54(60)56-44-17-25-48(26-18-44)70-74(62,63)37-42-7-5-4-6-8-42/h4-36H,37-38H2,1-3H3,(H,56,60)(H,57,61). The van der Waals surface area contributed by atoms with Gasteiger partial charge in [-0.1, -0.05) is 95.6 Å². The smallest absolute Gasteiger partial charge is 0.345 e. The van der Waals surface area contributed by atoms with Crippen molar-refractivity contribution in [3.05, 3.63) is 228 Å². The molecule has 8 aromatic rings. The molecule has 0 aromatic heterocycles. The lowest BCUT2D eigenvalue weighted by molar-refractivity contribution is 0.248. The predicted molar refractivity (Wildman–Crippen MR) is 291 cm³/mol. The Morgan fingerprint density at radius 2 is 0.662 bits per heavy atom. The van der Waals surface area contributed by atoms with Crippen LogP contribution < -0.4 is 37.4 Å². The average molecular weight is 1120 g/mol. The second-order valence-corrected chi connectivity index (χ2v) is 23.5. The van der Waals surface area contributed by atoms with Gasteiger partial charge in [-0.15, -0.1) is 0 Å². The zero-order chi connectivity index (χ0) is 55.0. The molecule has 2 N–H and O–H groups in total. The number of rotatable bonds is 18. The zero-order valence-corrected chi connectivity index (χ0v) is 44.5.